The third-order valence-electron chi connectivity index (χ3n) is 3.79. The molecule has 0 aromatic heterocycles. The Hall–Kier alpha value is -0.290. The van der Waals surface area contributed by atoms with Gasteiger partial charge in [0.05, 0.1) is 6.54 Å². The minimum absolute atomic E-state index is 0.198. The van der Waals surface area contributed by atoms with Gasteiger partial charge < -0.3 is 11.1 Å². The molecule has 3 N–H and O–H groups in total. The van der Waals surface area contributed by atoms with Crippen LogP contribution in [0.3, 0.4) is 0 Å². The van der Waals surface area contributed by atoms with Crippen LogP contribution in [0.25, 0.3) is 0 Å². The monoisotopic (exact) mass is 238 g/mol. The van der Waals surface area contributed by atoms with Crippen LogP contribution in [0.5, 0.6) is 0 Å². The van der Waals surface area contributed by atoms with Crippen molar-refractivity contribution in [3.05, 3.63) is 0 Å². The van der Waals surface area contributed by atoms with Crippen LogP contribution in [0.1, 0.15) is 33.1 Å². The summed E-state index contributed by atoms with van der Waals surface area (Å²) in [5.74, 6) is 0.783. The van der Waals surface area contributed by atoms with Crippen molar-refractivity contribution in [1.29, 1.82) is 0 Å². The Kier molecular flexibility index (Phi) is 4.23. The quantitative estimate of drug-likeness (QED) is 0.791. The fourth-order valence-corrected chi connectivity index (χ4v) is 2.61. The van der Waals surface area contributed by atoms with E-state index in [1.54, 1.807) is 0 Å². The van der Waals surface area contributed by atoms with E-state index in [1.807, 2.05) is 6.92 Å². The van der Waals surface area contributed by atoms with Crippen LogP contribution in [-0.4, -0.2) is 24.8 Å². The van der Waals surface area contributed by atoms with E-state index in [0.717, 1.165) is 19.3 Å². The Bertz CT molecular complexity index is 230. The molecular weight excluding hydrogens is 217 g/mol. The molecule has 0 aromatic rings. The van der Waals surface area contributed by atoms with Crippen LogP contribution in [0.15, 0.2) is 0 Å². The average Bonchev–Trinajstić information content (AvgIpc) is 2.16. The summed E-state index contributed by atoms with van der Waals surface area (Å²) in [5, 5.41) is 2.65. The van der Waals surface area contributed by atoms with Crippen LogP contribution in [0, 0.1) is 11.8 Å². The molecule has 0 aliphatic heterocycles. The standard InChI is InChI=1S/C11H21F3N2/c1-8-3-4-10(6-15,9(2)5-8)16-7-11(12,13)14/h8-9,16H,3-7,15H2,1-2H3. The van der Waals surface area contributed by atoms with Crippen LogP contribution >= 0.6 is 0 Å². The largest absolute Gasteiger partial charge is 0.401 e. The average molecular weight is 238 g/mol. The van der Waals surface area contributed by atoms with Gasteiger partial charge in [-0.2, -0.15) is 13.2 Å². The minimum atomic E-state index is -4.16. The summed E-state index contributed by atoms with van der Waals surface area (Å²) in [6.45, 7) is 3.46. The fraction of sp³-hybridized carbons (Fsp3) is 1.00. The van der Waals surface area contributed by atoms with Crippen molar-refractivity contribution >= 4 is 0 Å². The van der Waals surface area contributed by atoms with Gasteiger partial charge in [-0.1, -0.05) is 13.8 Å². The number of hydrogen-bond acceptors (Lipinski definition) is 2. The van der Waals surface area contributed by atoms with E-state index in [-0.39, 0.29) is 12.5 Å². The molecule has 0 saturated heterocycles. The number of hydrogen-bond donors (Lipinski definition) is 2. The number of nitrogens with one attached hydrogen (secondary N) is 1. The molecular formula is C11H21F3N2. The van der Waals surface area contributed by atoms with Gasteiger partial charge >= 0.3 is 6.18 Å². The molecule has 0 radical (unpaired) electrons. The van der Waals surface area contributed by atoms with Crippen LogP contribution in [0.2, 0.25) is 0 Å². The first-order chi connectivity index (χ1) is 7.29. The topological polar surface area (TPSA) is 38.0 Å². The molecule has 0 amide bonds. The van der Waals surface area contributed by atoms with Gasteiger partial charge in [-0.15, -0.1) is 0 Å². The van der Waals surface area contributed by atoms with Crippen molar-refractivity contribution in [3.63, 3.8) is 0 Å². The SMILES string of the molecule is CC1CCC(CN)(NCC(F)(F)F)C(C)C1. The lowest BCUT2D eigenvalue weighted by atomic mass is 9.70. The molecule has 0 heterocycles. The van der Waals surface area contributed by atoms with Gasteiger partial charge in [-0.05, 0) is 31.1 Å². The van der Waals surface area contributed by atoms with Crippen LogP contribution < -0.4 is 11.1 Å². The number of halogens is 3. The molecule has 3 unspecified atom stereocenters. The summed E-state index contributed by atoms with van der Waals surface area (Å²) in [4.78, 5) is 0. The van der Waals surface area contributed by atoms with Crippen molar-refractivity contribution in [1.82, 2.24) is 5.32 Å². The van der Waals surface area contributed by atoms with Crippen LogP contribution in [0.4, 0.5) is 13.2 Å². The summed E-state index contributed by atoms with van der Waals surface area (Å²) in [7, 11) is 0. The lowest BCUT2D eigenvalue weighted by molar-refractivity contribution is -0.131. The van der Waals surface area contributed by atoms with Gasteiger partial charge in [-0.25, -0.2) is 0 Å². The van der Waals surface area contributed by atoms with Crippen molar-refractivity contribution in [3.8, 4) is 0 Å². The van der Waals surface area contributed by atoms with E-state index in [2.05, 4.69) is 12.2 Å². The van der Waals surface area contributed by atoms with E-state index in [4.69, 9.17) is 5.73 Å². The number of nitrogens with two attached hydrogens (primary N) is 1. The highest BCUT2D eigenvalue weighted by Crippen LogP contribution is 2.36. The molecule has 1 aliphatic carbocycles. The van der Waals surface area contributed by atoms with E-state index in [1.165, 1.54) is 0 Å². The summed E-state index contributed by atoms with van der Waals surface area (Å²) in [6, 6.07) is 0. The molecule has 1 rings (SSSR count). The maximum absolute atomic E-state index is 12.2. The maximum atomic E-state index is 12.2. The fourth-order valence-electron chi connectivity index (χ4n) is 2.61. The second-order valence-corrected chi connectivity index (χ2v) is 5.11. The Labute approximate surface area is 94.8 Å². The van der Waals surface area contributed by atoms with Crippen molar-refractivity contribution in [2.75, 3.05) is 13.1 Å². The van der Waals surface area contributed by atoms with E-state index in [9.17, 15) is 13.2 Å². The summed E-state index contributed by atoms with van der Waals surface area (Å²) >= 11 is 0. The molecule has 3 atom stereocenters. The van der Waals surface area contributed by atoms with Gasteiger partial charge in [0.1, 0.15) is 0 Å². The van der Waals surface area contributed by atoms with Gasteiger partial charge in [0.15, 0.2) is 0 Å². The molecule has 1 saturated carbocycles. The molecule has 2 nitrogen and oxygen atoms in total. The second kappa shape index (κ2) is 4.92. The lowest BCUT2D eigenvalue weighted by Crippen LogP contribution is -2.59. The Balaban J connectivity index is 2.62. The summed E-state index contributed by atoms with van der Waals surface area (Å²) in [6.07, 6.45) is -1.53. The van der Waals surface area contributed by atoms with Crippen molar-refractivity contribution in [2.45, 2.75) is 44.8 Å². The molecule has 0 bridgehead atoms. The van der Waals surface area contributed by atoms with Gasteiger partial charge in [0.25, 0.3) is 0 Å². The zero-order valence-electron chi connectivity index (χ0n) is 9.90. The van der Waals surface area contributed by atoms with E-state index in [0.29, 0.717) is 5.92 Å². The Morgan fingerprint density at radius 3 is 2.44 bits per heavy atom. The Morgan fingerprint density at radius 2 is 2.00 bits per heavy atom. The molecule has 1 fully saturated rings. The molecule has 16 heavy (non-hydrogen) atoms. The minimum Gasteiger partial charge on any atom is -0.329 e. The van der Waals surface area contributed by atoms with E-state index >= 15 is 0 Å². The molecule has 5 heteroatoms. The third-order valence-corrected chi connectivity index (χ3v) is 3.79. The second-order valence-electron chi connectivity index (χ2n) is 5.11. The first-order valence-corrected chi connectivity index (χ1v) is 5.81. The Morgan fingerprint density at radius 1 is 1.38 bits per heavy atom. The number of alkyl halides is 3. The highest BCUT2D eigenvalue weighted by atomic mass is 19.4. The normalized spacial score (nSPS) is 36.4. The maximum Gasteiger partial charge on any atom is 0.401 e. The predicted molar refractivity (Wildman–Crippen MR) is 58.0 cm³/mol. The smallest absolute Gasteiger partial charge is 0.329 e. The summed E-state index contributed by atoms with van der Waals surface area (Å²) < 4.78 is 36.7. The third kappa shape index (κ3) is 3.35. The first kappa shape index (κ1) is 13.8. The summed E-state index contributed by atoms with van der Waals surface area (Å²) in [5.41, 5.74) is 5.15. The lowest BCUT2D eigenvalue weighted by Gasteiger charge is -2.45. The predicted octanol–water partition coefficient (Wildman–Crippen LogP) is 2.29. The molecule has 0 spiro atoms. The zero-order valence-corrected chi connectivity index (χ0v) is 9.90. The first-order valence-electron chi connectivity index (χ1n) is 5.81. The molecule has 1 aliphatic rings. The highest BCUT2D eigenvalue weighted by molar-refractivity contribution is 4.98. The van der Waals surface area contributed by atoms with Gasteiger partial charge in [-0.3, -0.25) is 0 Å². The number of rotatable bonds is 3. The zero-order chi connectivity index (χ0) is 12.4. The van der Waals surface area contributed by atoms with Gasteiger partial charge in [0.2, 0.25) is 0 Å². The van der Waals surface area contributed by atoms with Gasteiger partial charge in [0, 0.05) is 12.1 Å². The molecule has 0 aromatic carbocycles. The van der Waals surface area contributed by atoms with Crippen molar-refractivity contribution < 1.29 is 13.2 Å². The van der Waals surface area contributed by atoms with E-state index < -0.39 is 18.3 Å². The van der Waals surface area contributed by atoms with Crippen LogP contribution in [-0.2, 0) is 0 Å². The molecule has 96 valence electrons. The van der Waals surface area contributed by atoms with Crippen molar-refractivity contribution in [2.24, 2.45) is 17.6 Å². The highest BCUT2D eigenvalue weighted by Gasteiger charge is 2.41.